The first-order chi connectivity index (χ1) is 10.0. The van der Waals surface area contributed by atoms with E-state index in [0.717, 1.165) is 0 Å². The van der Waals surface area contributed by atoms with Crippen molar-refractivity contribution in [3.8, 4) is 5.75 Å². The van der Waals surface area contributed by atoms with Crippen LogP contribution in [0.4, 0.5) is 5.69 Å². The molecule has 0 aliphatic rings. The van der Waals surface area contributed by atoms with Gasteiger partial charge in [0.1, 0.15) is 18.6 Å². The molecule has 0 fully saturated rings. The molecule has 0 heterocycles. The summed E-state index contributed by atoms with van der Waals surface area (Å²) in [5.41, 5.74) is 0.705. The Morgan fingerprint density at radius 2 is 2.10 bits per heavy atom. The van der Waals surface area contributed by atoms with Crippen molar-refractivity contribution in [1.82, 2.24) is 0 Å². The Morgan fingerprint density at radius 1 is 1.33 bits per heavy atom. The largest absolute Gasteiger partial charge is 0.487 e. The Balaban J connectivity index is 2.24. The number of hydrogen-bond donors (Lipinski definition) is 0. The molecule has 0 N–H and O–H groups in total. The zero-order chi connectivity index (χ0) is 15.4. The van der Waals surface area contributed by atoms with Crippen molar-refractivity contribution in [2.75, 3.05) is 0 Å². The van der Waals surface area contributed by atoms with Crippen molar-refractivity contribution in [3.05, 3.63) is 67.1 Å². The molecule has 0 saturated carbocycles. The third-order valence-electron chi connectivity index (χ3n) is 2.75. The van der Waals surface area contributed by atoms with Gasteiger partial charge >= 0.3 is 0 Å². The fourth-order valence-electron chi connectivity index (χ4n) is 1.72. The summed E-state index contributed by atoms with van der Waals surface area (Å²) in [5.74, 6) is 0.467. The molecule has 2 aromatic rings. The number of hydrogen-bond acceptors (Lipinski definition) is 4. The third-order valence-corrected chi connectivity index (χ3v) is 3.73. The number of rotatable bonds is 5. The molecule has 0 bridgehead atoms. The molecule has 108 valence electrons. The summed E-state index contributed by atoms with van der Waals surface area (Å²) in [7, 11) is 0. The first kappa shape index (κ1) is 15.5. The number of carbonyl (C=O) groups is 1. The fourth-order valence-corrected chi connectivity index (χ4v) is 2.45. The minimum absolute atomic E-state index is 0.0466. The highest BCUT2D eigenvalue weighted by Gasteiger charge is 2.17. The fraction of sp³-hybridized carbons (Fsp3) is 0.0714. The Kier molecular flexibility index (Phi) is 4.93. The minimum Gasteiger partial charge on any atom is -0.487 e. The number of aldehydes is 1. The third kappa shape index (κ3) is 3.59. The molecule has 0 unspecified atom stereocenters. The average Bonchev–Trinajstić information content (AvgIpc) is 2.46. The highest BCUT2D eigenvalue weighted by molar-refractivity contribution is 9.10. The van der Waals surface area contributed by atoms with Gasteiger partial charge in [-0.3, -0.25) is 14.9 Å². The zero-order valence-electron chi connectivity index (χ0n) is 10.6. The summed E-state index contributed by atoms with van der Waals surface area (Å²) in [4.78, 5) is 21.1. The van der Waals surface area contributed by atoms with Gasteiger partial charge in [0.05, 0.1) is 20.0 Å². The first-order valence-electron chi connectivity index (χ1n) is 5.82. The molecule has 0 amide bonds. The van der Waals surface area contributed by atoms with Crippen LogP contribution in [-0.4, -0.2) is 11.2 Å². The van der Waals surface area contributed by atoms with Crippen molar-refractivity contribution < 1.29 is 14.5 Å². The van der Waals surface area contributed by atoms with E-state index in [0.29, 0.717) is 27.6 Å². The lowest BCUT2D eigenvalue weighted by atomic mass is 10.2. The van der Waals surface area contributed by atoms with E-state index in [2.05, 4.69) is 15.9 Å². The van der Waals surface area contributed by atoms with Crippen LogP contribution in [0.2, 0.25) is 5.02 Å². The summed E-state index contributed by atoms with van der Waals surface area (Å²) < 4.78 is 6.13. The van der Waals surface area contributed by atoms with Gasteiger partial charge in [0.15, 0.2) is 0 Å². The van der Waals surface area contributed by atoms with Crippen molar-refractivity contribution in [3.63, 3.8) is 0 Å². The summed E-state index contributed by atoms with van der Waals surface area (Å²) in [6.45, 7) is -0.0466. The summed E-state index contributed by atoms with van der Waals surface area (Å²) in [6.07, 6.45) is 0.716. The summed E-state index contributed by atoms with van der Waals surface area (Å²) in [6, 6.07) is 9.25. The molecule has 0 aromatic heterocycles. The maximum Gasteiger partial charge on any atom is 0.277 e. The van der Waals surface area contributed by atoms with Gasteiger partial charge in [-0.05, 0) is 40.2 Å². The lowest BCUT2D eigenvalue weighted by molar-refractivity contribution is -0.385. The van der Waals surface area contributed by atoms with Crippen LogP contribution in [0.25, 0.3) is 0 Å². The van der Waals surface area contributed by atoms with E-state index < -0.39 is 4.92 Å². The van der Waals surface area contributed by atoms with Crippen LogP contribution in [0.3, 0.4) is 0 Å². The number of carbonyl (C=O) groups excluding carboxylic acids is 1. The highest BCUT2D eigenvalue weighted by atomic mass is 79.9. The lowest BCUT2D eigenvalue weighted by Gasteiger charge is -2.10. The molecule has 0 spiro atoms. The molecular formula is C14H9BrClNO4. The number of halogens is 2. The van der Waals surface area contributed by atoms with Crippen molar-refractivity contribution >= 4 is 39.5 Å². The maximum absolute atomic E-state index is 11.0. The molecule has 2 aromatic carbocycles. The van der Waals surface area contributed by atoms with Gasteiger partial charge < -0.3 is 4.74 Å². The van der Waals surface area contributed by atoms with Crippen LogP contribution in [0.1, 0.15) is 15.9 Å². The van der Waals surface area contributed by atoms with E-state index in [9.17, 15) is 14.9 Å². The van der Waals surface area contributed by atoms with Gasteiger partial charge in [0, 0.05) is 11.6 Å². The first-order valence-corrected chi connectivity index (χ1v) is 6.99. The second-order valence-electron chi connectivity index (χ2n) is 4.09. The number of nitro benzene ring substituents is 1. The smallest absolute Gasteiger partial charge is 0.277 e. The van der Waals surface area contributed by atoms with Crippen LogP contribution in [0, 0.1) is 10.1 Å². The molecule has 7 heteroatoms. The highest BCUT2D eigenvalue weighted by Crippen LogP contribution is 2.30. The standard InChI is InChI=1S/C14H9BrClNO4/c15-11-6-9(7-18)4-5-14(11)21-8-10-12(16)2-1-3-13(10)17(19)20/h1-7H,8H2. The Bertz CT molecular complexity index is 705. The quantitative estimate of drug-likeness (QED) is 0.444. The van der Waals surface area contributed by atoms with Crippen LogP contribution in [0.15, 0.2) is 40.9 Å². The SMILES string of the molecule is O=Cc1ccc(OCc2c(Cl)cccc2[N+](=O)[O-])c(Br)c1. The monoisotopic (exact) mass is 369 g/mol. The molecule has 0 radical (unpaired) electrons. The van der Waals surface area contributed by atoms with Crippen LogP contribution in [-0.2, 0) is 6.61 Å². The van der Waals surface area contributed by atoms with Crippen LogP contribution < -0.4 is 4.74 Å². The zero-order valence-corrected chi connectivity index (χ0v) is 12.9. The molecule has 0 aliphatic carbocycles. The minimum atomic E-state index is -0.505. The number of benzene rings is 2. The number of nitro groups is 1. The maximum atomic E-state index is 11.0. The average molecular weight is 371 g/mol. The van der Waals surface area contributed by atoms with Gasteiger partial charge in [-0.1, -0.05) is 17.7 Å². The predicted molar refractivity (Wildman–Crippen MR) is 82.0 cm³/mol. The summed E-state index contributed by atoms with van der Waals surface area (Å²) in [5, 5.41) is 11.2. The van der Waals surface area contributed by atoms with E-state index in [1.807, 2.05) is 0 Å². The van der Waals surface area contributed by atoms with Gasteiger partial charge in [-0.25, -0.2) is 0 Å². The van der Waals surface area contributed by atoms with Gasteiger partial charge in [-0.15, -0.1) is 0 Å². The second-order valence-corrected chi connectivity index (χ2v) is 5.35. The van der Waals surface area contributed by atoms with E-state index >= 15 is 0 Å². The predicted octanol–water partition coefficient (Wildman–Crippen LogP) is 4.40. The van der Waals surface area contributed by atoms with E-state index in [1.54, 1.807) is 24.3 Å². The molecular weight excluding hydrogens is 362 g/mol. The van der Waals surface area contributed by atoms with E-state index in [1.165, 1.54) is 12.1 Å². The van der Waals surface area contributed by atoms with Gasteiger partial charge in [0.25, 0.3) is 5.69 Å². The summed E-state index contributed by atoms with van der Waals surface area (Å²) >= 11 is 9.26. The van der Waals surface area contributed by atoms with Gasteiger partial charge in [0.2, 0.25) is 0 Å². The Labute approximate surface area is 133 Å². The molecule has 5 nitrogen and oxygen atoms in total. The molecule has 21 heavy (non-hydrogen) atoms. The molecule has 0 saturated heterocycles. The lowest BCUT2D eigenvalue weighted by Crippen LogP contribution is -2.02. The normalized spacial score (nSPS) is 10.2. The Hall–Kier alpha value is -1.92. The van der Waals surface area contributed by atoms with Gasteiger partial charge in [-0.2, -0.15) is 0 Å². The molecule has 2 rings (SSSR count). The number of ether oxygens (including phenoxy) is 1. The van der Waals surface area contributed by atoms with Crippen LogP contribution >= 0.6 is 27.5 Å². The second kappa shape index (κ2) is 6.69. The van der Waals surface area contributed by atoms with Crippen molar-refractivity contribution in [1.29, 1.82) is 0 Å². The Morgan fingerprint density at radius 3 is 2.71 bits per heavy atom. The van der Waals surface area contributed by atoms with Crippen LogP contribution in [0.5, 0.6) is 5.75 Å². The molecule has 0 atom stereocenters. The molecule has 0 aliphatic heterocycles. The number of nitrogens with zero attached hydrogens (tertiary/aromatic N) is 1. The van der Waals surface area contributed by atoms with Crippen molar-refractivity contribution in [2.45, 2.75) is 6.61 Å². The van der Waals surface area contributed by atoms with E-state index in [4.69, 9.17) is 16.3 Å². The van der Waals surface area contributed by atoms with E-state index in [-0.39, 0.29) is 17.3 Å². The topological polar surface area (TPSA) is 69.4 Å². The van der Waals surface area contributed by atoms with Crippen molar-refractivity contribution in [2.24, 2.45) is 0 Å².